The molecule has 0 fully saturated rings. The van der Waals surface area contributed by atoms with Gasteiger partial charge in [-0.3, -0.25) is 14.5 Å². The van der Waals surface area contributed by atoms with Gasteiger partial charge < -0.3 is 15.2 Å². The second kappa shape index (κ2) is 9.96. The van der Waals surface area contributed by atoms with Crippen molar-refractivity contribution in [3.63, 3.8) is 0 Å². The van der Waals surface area contributed by atoms with Gasteiger partial charge in [0.25, 0.3) is 0 Å². The number of hydrogen-bond donors (Lipinski definition) is 2. The molecule has 0 saturated heterocycles. The SMILES string of the molecule is CC(C(=O)Nc1ccccc1OC(F)F)N(C)CCC(=O)O.Cl. The Balaban J connectivity index is 0.00000484. The monoisotopic (exact) mass is 352 g/mol. The number of carbonyl (C=O) groups excluding carboxylic acids is 1. The number of para-hydroxylation sites is 2. The van der Waals surface area contributed by atoms with Gasteiger partial charge in [-0.25, -0.2) is 0 Å². The van der Waals surface area contributed by atoms with Crippen molar-refractivity contribution < 1.29 is 28.2 Å². The van der Waals surface area contributed by atoms with Gasteiger partial charge in [0.05, 0.1) is 18.2 Å². The van der Waals surface area contributed by atoms with Crippen LogP contribution < -0.4 is 10.1 Å². The van der Waals surface area contributed by atoms with Crippen LogP contribution in [0.25, 0.3) is 0 Å². The van der Waals surface area contributed by atoms with Crippen LogP contribution in [0.4, 0.5) is 14.5 Å². The molecule has 1 aromatic carbocycles. The van der Waals surface area contributed by atoms with E-state index >= 15 is 0 Å². The van der Waals surface area contributed by atoms with Crippen LogP contribution in [0.2, 0.25) is 0 Å². The van der Waals surface area contributed by atoms with Crippen molar-refractivity contribution in [1.82, 2.24) is 4.90 Å². The zero-order valence-electron chi connectivity index (χ0n) is 12.7. The number of nitrogens with one attached hydrogen (secondary N) is 1. The fourth-order valence-corrected chi connectivity index (χ4v) is 1.67. The molecule has 0 aromatic heterocycles. The third-order valence-electron chi connectivity index (χ3n) is 3.08. The van der Waals surface area contributed by atoms with Crippen molar-refractivity contribution in [2.45, 2.75) is 26.0 Å². The largest absolute Gasteiger partial charge is 0.481 e. The molecule has 23 heavy (non-hydrogen) atoms. The predicted molar refractivity (Wildman–Crippen MR) is 83.3 cm³/mol. The first kappa shape index (κ1) is 21.1. The van der Waals surface area contributed by atoms with Crippen LogP contribution in [-0.4, -0.2) is 48.1 Å². The van der Waals surface area contributed by atoms with Gasteiger partial charge in [-0.1, -0.05) is 12.1 Å². The molecule has 9 heteroatoms. The Morgan fingerprint density at radius 3 is 2.52 bits per heavy atom. The van der Waals surface area contributed by atoms with E-state index in [2.05, 4.69) is 10.1 Å². The van der Waals surface area contributed by atoms with Crippen molar-refractivity contribution in [1.29, 1.82) is 0 Å². The van der Waals surface area contributed by atoms with E-state index in [0.717, 1.165) is 0 Å². The lowest BCUT2D eigenvalue weighted by molar-refractivity contribution is -0.137. The van der Waals surface area contributed by atoms with Crippen LogP contribution in [-0.2, 0) is 9.59 Å². The first-order chi connectivity index (χ1) is 10.3. The summed E-state index contributed by atoms with van der Waals surface area (Å²) >= 11 is 0. The molecule has 6 nitrogen and oxygen atoms in total. The summed E-state index contributed by atoms with van der Waals surface area (Å²) in [5, 5.41) is 11.1. The Hall–Kier alpha value is -1.93. The summed E-state index contributed by atoms with van der Waals surface area (Å²) in [5.41, 5.74) is 0.131. The number of aliphatic carboxylic acids is 1. The van der Waals surface area contributed by atoms with Gasteiger partial charge in [0.15, 0.2) is 0 Å². The van der Waals surface area contributed by atoms with Crippen molar-refractivity contribution in [3.8, 4) is 5.75 Å². The normalized spacial score (nSPS) is 11.7. The number of carboxylic acid groups (broad SMARTS) is 1. The number of rotatable bonds is 8. The summed E-state index contributed by atoms with van der Waals surface area (Å²) < 4.78 is 28.9. The highest BCUT2D eigenvalue weighted by molar-refractivity contribution is 5.95. The topological polar surface area (TPSA) is 78.9 Å². The van der Waals surface area contributed by atoms with E-state index in [1.165, 1.54) is 18.2 Å². The van der Waals surface area contributed by atoms with Crippen molar-refractivity contribution in [3.05, 3.63) is 24.3 Å². The Labute approximate surface area is 138 Å². The van der Waals surface area contributed by atoms with Gasteiger partial charge in [-0.05, 0) is 26.1 Å². The molecule has 0 heterocycles. The number of carbonyl (C=O) groups is 2. The maximum absolute atomic E-state index is 12.3. The van der Waals surface area contributed by atoms with E-state index in [4.69, 9.17) is 5.11 Å². The third kappa shape index (κ3) is 7.25. The predicted octanol–water partition coefficient (Wildman–Crippen LogP) is 2.44. The van der Waals surface area contributed by atoms with Crippen LogP contribution >= 0.6 is 12.4 Å². The molecule has 0 radical (unpaired) electrons. The number of nitrogens with zero attached hydrogens (tertiary/aromatic N) is 1. The molecule has 2 N–H and O–H groups in total. The Morgan fingerprint density at radius 1 is 1.35 bits per heavy atom. The van der Waals surface area contributed by atoms with Crippen LogP contribution in [0.5, 0.6) is 5.75 Å². The van der Waals surface area contributed by atoms with Crippen molar-refractivity contribution >= 4 is 30.0 Å². The molecular formula is C14H19ClF2N2O4. The summed E-state index contributed by atoms with van der Waals surface area (Å²) in [6.45, 7) is -1.21. The average molecular weight is 353 g/mol. The molecule has 0 aliphatic heterocycles. The highest BCUT2D eigenvalue weighted by Crippen LogP contribution is 2.25. The minimum Gasteiger partial charge on any atom is -0.481 e. The standard InChI is InChI=1S/C14H18F2N2O4.ClH/c1-9(18(2)8-7-12(19)20)13(21)17-10-5-3-4-6-11(10)22-14(15)16;/h3-6,9,14H,7-8H2,1-2H3,(H,17,21)(H,19,20);1H. The second-order valence-corrected chi connectivity index (χ2v) is 4.66. The number of benzene rings is 1. The summed E-state index contributed by atoms with van der Waals surface area (Å²) in [6.07, 6.45) is -0.0980. The van der Waals surface area contributed by atoms with Gasteiger partial charge in [0, 0.05) is 6.54 Å². The molecule has 1 rings (SSSR count). The van der Waals surface area contributed by atoms with Gasteiger partial charge >= 0.3 is 12.6 Å². The lowest BCUT2D eigenvalue weighted by Gasteiger charge is -2.23. The minimum atomic E-state index is -2.99. The molecule has 1 atom stereocenters. The van der Waals surface area contributed by atoms with E-state index in [1.54, 1.807) is 24.9 Å². The Bertz CT molecular complexity index is 531. The van der Waals surface area contributed by atoms with Crippen LogP contribution in [0.1, 0.15) is 13.3 Å². The maximum Gasteiger partial charge on any atom is 0.387 e. The van der Waals surface area contributed by atoms with Crippen LogP contribution in [0.15, 0.2) is 24.3 Å². The highest BCUT2D eigenvalue weighted by Gasteiger charge is 2.20. The zero-order valence-corrected chi connectivity index (χ0v) is 13.5. The molecule has 0 spiro atoms. The first-order valence-corrected chi connectivity index (χ1v) is 6.58. The summed E-state index contributed by atoms with van der Waals surface area (Å²) in [4.78, 5) is 24.2. The Kier molecular flexibility index (Phi) is 9.12. The molecule has 0 bridgehead atoms. The molecule has 130 valence electrons. The van der Waals surface area contributed by atoms with Crippen molar-refractivity contribution in [2.24, 2.45) is 0 Å². The van der Waals surface area contributed by atoms with Crippen LogP contribution in [0.3, 0.4) is 0 Å². The summed E-state index contributed by atoms with van der Waals surface area (Å²) in [6, 6.07) is 5.22. The lowest BCUT2D eigenvalue weighted by atomic mass is 10.2. The summed E-state index contributed by atoms with van der Waals surface area (Å²) in [7, 11) is 1.61. The number of amides is 1. The second-order valence-electron chi connectivity index (χ2n) is 4.66. The molecule has 0 aliphatic rings. The smallest absolute Gasteiger partial charge is 0.387 e. The van der Waals surface area contributed by atoms with Gasteiger partial charge in [-0.15, -0.1) is 12.4 Å². The molecule has 1 unspecified atom stereocenters. The number of halogens is 3. The quantitative estimate of drug-likeness (QED) is 0.751. The minimum absolute atomic E-state index is 0. The third-order valence-corrected chi connectivity index (χ3v) is 3.08. The molecule has 0 saturated carbocycles. The number of alkyl halides is 2. The van der Waals surface area contributed by atoms with Crippen LogP contribution in [0, 0.1) is 0 Å². The highest BCUT2D eigenvalue weighted by atomic mass is 35.5. The van der Waals surface area contributed by atoms with E-state index in [-0.39, 0.29) is 36.8 Å². The van der Waals surface area contributed by atoms with Gasteiger partial charge in [0.1, 0.15) is 5.75 Å². The Morgan fingerprint density at radius 2 is 1.96 bits per heavy atom. The number of hydrogen-bond acceptors (Lipinski definition) is 4. The van der Waals surface area contributed by atoms with Crippen molar-refractivity contribution in [2.75, 3.05) is 18.9 Å². The maximum atomic E-state index is 12.3. The van der Waals surface area contributed by atoms with Gasteiger partial charge in [0.2, 0.25) is 5.91 Å². The average Bonchev–Trinajstić information content (AvgIpc) is 2.45. The molecular weight excluding hydrogens is 334 g/mol. The molecule has 0 aliphatic carbocycles. The zero-order chi connectivity index (χ0) is 16.7. The molecule has 1 aromatic rings. The van der Waals surface area contributed by atoms with E-state index in [0.29, 0.717) is 0 Å². The number of likely N-dealkylation sites (N-methyl/N-ethyl adjacent to an activating group) is 1. The molecule has 1 amide bonds. The fraction of sp³-hybridized carbons (Fsp3) is 0.429. The lowest BCUT2D eigenvalue weighted by Crippen LogP contribution is -2.40. The van der Waals surface area contributed by atoms with Gasteiger partial charge in [-0.2, -0.15) is 8.78 Å². The van der Waals surface area contributed by atoms with E-state index < -0.39 is 24.5 Å². The first-order valence-electron chi connectivity index (χ1n) is 6.58. The number of carboxylic acids is 1. The van der Waals surface area contributed by atoms with E-state index in [9.17, 15) is 18.4 Å². The van der Waals surface area contributed by atoms with E-state index in [1.807, 2.05) is 0 Å². The summed E-state index contributed by atoms with van der Waals surface area (Å²) in [5.74, 6) is -1.54. The fourth-order valence-electron chi connectivity index (χ4n) is 1.67. The number of ether oxygens (including phenoxy) is 1. The number of anilines is 1.